The van der Waals surface area contributed by atoms with Gasteiger partial charge in [-0.25, -0.2) is 4.79 Å². The number of hydrogen-bond donors (Lipinski definition) is 0. The first kappa shape index (κ1) is 16.1. The lowest BCUT2D eigenvalue weighted by molar-refractivity contribution is 0.0734. The molecular formula is C19H22O3. The van der Waals surface area contributed by atoms with Gasteiger partial charge in [0.25, 0.3) is 0 Å². The highest BCUT2D eigenvalue weighted by Crippen LogP contribution is 2.19. The summed E-state index contributed by atoms with van der Waals surface area (Å²) in [6, 6.07) is 14.7. The van der Waals surface area contributed by atoms with Crippen molar-refractivity contribution in [2.75, 3.05) is 6.61 Å². The van der Waals surface area contributed by atoms with Crippen molar-refractivity contribution in [3.63, 3.8) is 0 Å². The van der Waals surface area contributed by atoms with Crippen molar-refractivity contribution >= 4 is 5.97 Å². The van der Waals surface area contributed by atoms with Crippen LogP contribution in [0.15, 0.2) is 48.5 Å². The number of unbranched alkanes of at least 4 members (excludes halogenated alkanes) is 1. The molecule has 3 heteroatoms. The van der Waals surface area contributed by atoms with E-state index in [2.05, 4.69) is 6.92 Å². The van der Waals surface area contributed by atoms with E-state index in [0.29, 0.717) is 17.9 Å². The molecule has 0 aromatic heterocycles. The highest BCUT2D eigenvalue weighted by atomic mass is 16.5. The van der Waals surface area contributed by atoms with Crippen LogP contribution < -0.4 is 9.47 Å². The summed E-state index contributed by atoms with van der Waals surface area (Å²) in [4.78, 5) is 12.1. The van der Waals surface area contributed by atoms with Crippen LogP contribution in [0.2, 0.25) is 0 Å². The number of ether oxygens (including phenoxy) is 2. The third-order valence-corrected chi connectivity index (χ3v) is 3.35. The number of hydrogen-bond acceptors (Lipinski definition) is 3. The smallest absolute Gasteiger partial charge is 0.343 e. The molecule has 0 aliphatic rings. The average molecular weight is 298 g/mol. The first-order valence-electron chi connectivity index (χ1n) is 7.77. The SMILES string of the molecule is CCCCc1ccc(C(=O)Oc2ccc(OCC)cc2)cc1. The Bertz CT molecular complexity index is 585. The van der Waals surface area contributed by atoms with Crippen LogP contribution in [-0.2, 0) is 6.42 Å². The van der Waals surface area contributed by atoms with E-state index in [0.717, 1.165) is 18.6 Å². The molecule has 0 aliphatic heterocycles. The van der Waals surface area contributed by atoms with Crippen LogP contribution in [-0.4, -0.2) is 12.6 Å². The van der Waals surface area contributed by atoms with E-state index in [1.807, 2.05) is 31.2 Å². The molecule has 2 aromatic rings. The molecular weight excluding hydrogens is 276 g/mol. The lowest BCUT2D eigenvalue weighted by atomic mass is 10.1. The highest BCUT2D eigenvalue weighted by Gasteiger charge is 2.08. The van der Waals surface area contributed by atoms with Crippen LogP contribution in [0, 0.1) is 0 Å². The Balaban J connectivity index is 1.96. The summed E-state index contributed by atoms with van der Waals surface area (Å²) in [5.41, 5.74) is 1.81. The molecule has 116 valence electrons. The zero-order valence-corrected chi connectivity index (χ0v) is 13.2. The summed E-state index contributed by atoms with van der Waals surface area (Å²) in [5.74, 6) is 0.942. The quantitative estimate of drug-likeness (QED) is 0.551. The molecule has 0 bridgehead atoms. The van der Waals surface area contributed by atoms with Crippen LogP contribution in [0.4, 0.5) is 0 Å². The number of carbonyl (C=O) groups excluding carboxylic acids is 1. The Morgan fingerprint density at radius 1 is 0.909 bits per heavy atom. The number of aryl methyl sites for hydroxylation is 1. The van der Waals surface area contributed by atoms with E-state index in [1.165, 1.54) is 12.0 Å². The van der Waals surface area contributed by atoms with E-state index in [1.54, 1.807) is 24.3 Å². The summed E-state index contributed by atoms with van der Waals surface area (Å²) in [5, 5.41) is 0. The van der Waals surface area contributed by atoms with Gasteiger partial charge in [-0.1, -0.05) is 25.5 Å². The Kier molecular flexibility index (Phi) is 6.01. The minimum atomic E-state index is -0.341. The molecule has 0 N–H and O–H groups in total. The molecule has 0 spiro atoms. The fourth-order valence-corrected chi connectivity index (χ4v) is 2.12. The van der Waals surface area contributed by atoms with Gasteiger partial charge in [-0.15, -0.1) is 0 Å². The van der Waals surface area contributed by atoms with Gasteiger partial charge in [-0.2, -0.15) is 0 Å². The van der Waals surface area contributed by atoms with Crippen molar-refractivity contribution in [3.05, 3.63) is 59.7 Å². The van der Waals surface area contributed by atoms with Gasteiger partial charge < -0.3 is 9.47 Å². The van der Waals surface area contributed by atoms with E-state index in [4.69, 9.17) is 9.47 Å². The van der Waals surface area contributed by atoms with Gasteiger partial charge >= 0.3 is 5.97 Å². The van der Waals surface area contributed by atoms with Gasteiger partial charge in [0, 0.05) is 0 Å². The molecule has 3 nitrogen and oxygen atoms in total. The predicted octanol–water partition coefficient (Wildman–Crippen LogP) is 4.65. The second-order valence-corrected chi connectivity index (χ2v) is 5.09. The highest BCUT2D eigenvalue weighted by molar-refractivity contribution is 5.91. The normalized spacial score (nSPS) is 10.3. The first-order valence-corrected chi connectivity index (χ1v) is 7.77. The zero-order chi connectivity index (χ0) is 15.8. The number of benzene rings is 2. The van der Waals surface area contributed by atoms with Crippen molar-refractivity contribution < 1.29 is 14.3 Å². The molecule has 0 radical (unpaired) electrons. The van der Waals surface area contributed by atoms with Crippen molar-refractivity contribution in [3.8, 4) is 11.5 Å². The largest absolute Gasteiger partial charge is 0.494 e. The van der Waals surface area contributed by atoms with E-state index in [-0.39, 0.29) is 5.97 Å². The molecule has 0 atom stereocenters. The lowest BCUT2D eigenvalue weighted by Gasteiger charge is -2.07. The predicted molar refractivity (Wildman–Crippen MR) is 87.6 cm³/mol. The van der Waals surface area contributed by atoms with Gasteiger partial charge in [-0.05, 0) is 61.7 Å². The van der Waals surface area contributed by atoms with E-state index >= 15 is 0 Å². The maximum atomic E-state index is 12.1. The molecule has 0 heterocycles. The maximum absolute atomic E-state index is 12.1. The summed E-state index contributed by atoms with van der Waals surface area (Å²) >= 11 is 0. The minimum absolute atomic E-state index is 0.341. The van der Waals surface area contributed by atoms with Crippen molar-refractivity contribution in [1.82, 2.24) is 0 Å². The topological polar surface area (TPSA) is 35.5 Å². The Morgan fingerprint density at radius 3 is 2.14 bits per heavy atom. The lowest BCUT2D eigenvalue weighted by Crippen LogP contribution is -2.08. The van der Waals surface area contributed by atoms with Crippen molar-refractivity contribution in [1.29, 1.82) is 0 Å². The maximum Gasteiger partial charge on any atom is 0.343 e. The average Bonchev–Trinajstić information content (AvgIpc) is 2.55. The fraction of sp³-hybridized carbons (Fsp3) is 0.316. The third-order valence-electron chi connectivity index (χ3n) is 3.35. The van der Waals surface area contributed by atoms with Crippen molar-refractivity contribution in [2.45, 2.75) is 33.1 Å². The van der Waals surface area contributed by atoms with Crippen LogP contribution >= 0.6 is 0 Å². The molecule has 0 saturated heterocycles. The van der Waals surface area contributed by atoms with Gasteiger partial charge in [-0.3, -0.25) is 0 Å². The number of esters is 1. The molecule has 0 fully saturated rings. The van der Waals surface area contributed by atoms with Gasteiger partial charge in [0.1, 0.15) is 11.5 Å². The standard InChI is InChI=1S/C19H22O3/c1-3-5-6-15-7-9-16(10-8-15)19(20)22-18-13-11-17(12-14-18)21-4-2/h7-14H,3-6H2,1-2H3. The van der Waals surface area contributed by atoms with Crippen molar-refractivity contribution in [2.24, 2.45) is 0 Å². The second kappa shape index (κ2) is 8.23. The fourth-order valence-electron chi connectivity index (χ4n) is 2.12. The number of carbonyl (C=O) groups is 1. The molecule has 2 rings (SSSR count). The second-order valence-electron chi connectivity index (χ2n) is 5.09. The molecule has 0 amide bonds. The summed E-state index contributed by atoms with van der Waals surface area (Å²) < 4.78 is 10.7. The third kappa shape index (κ3) is 4.62. The van der Waals surface area contributed by atoms with Crippen LogP contribution in [0.25, 0.3) is 0 Å². The molecule has 0 unspecified atom stereocenters. The summed E-state index contributed by atoms with van der Waals surface area (Å²) in [6.45, 7) is 4.71. The summed E-state index contributed by atoms with van der Waals surface area (Å²) in [7, 11) is 0. The van der Waals surface area contributed by atoms with Crippen LogP contribution in [0.3, 0.4) is 0 Å². The van der Waals surface area contributed by atoms with Gasteiger partial charge in [0.15, 0.2) is 0 Å². The number of rotatable bonds is 7. The van der Waals surface area contributed by atoms with Gasteiger partial charge in [0.2, 0.25) is 0 Å². The Morgan fingerprint density at radius 2 is 1.55 bits per heavy atom. The molecule has 22 heavy (non-hydrogen) atoms. The van der Waals surface area contributed by atoms with E-state index in [9.17, 15) is 4.79 Å². The molecule has 2 aromatic carbocycles. The van der Waals surface area contributed by atoms with Gasteiger partial charge in [0.05, 0.1) is 12.2 Å². The minimum Gasteiger partial charge on any atom is -0.494 e. The zero-order valence-electron chi connectivity index (χ0n) is 13.2. The first-order chi connectivity index (χ1) is 10.7. The molecule has 0 saturated carbocycles. The summed E-state index contributed by atoms with van der Waals surface area (Å²) in [6.07, 6.45) is 3.38. The molecule has 0 aliphatic carbocycles. The monoisotopic (exact) mass is 298 g/mol. The van der Waals surface area contributed by atoms with Crippen LogP contribution in [0.1, 0.15) is 42.6 Å². The van der Waals surface area contributed by atoms with Crippen LogP contribution in [0.5, 0.6) is 11.5 Å². The Labute approximate surface area is 131 Å². The Hall–Kier alpha value is -2.29. The van der Waals surface area contributed by atoms with E-state index < -0.39 is 0 Å².